The fourth-order valence-electron chi connectivity index (χ4n) is 6.37. The molecule has 2 aliphatic carbocycles. The monoisotopic (exact) mass is 428 g/mol. The zero-order valence-corrected chi connectivity index (χ0v) is 19.9. The Morgan fingerprint density at radius 2 is 1.74 bits per heavy atom. The van der Waals surface area contributed by atoms with Crippen LogP contribution in [0.4, 0.5) is 0 Å². The molecule has 2 heterocycles. The lowest BCUT2D eigenvalue weighted by Gasteiger charge is -2.42. The Labute approximate surface area is 187 Å². The molecule has 0 aromatic heterocycles. The van der Waals surface area contributed by atoms with Gasteiger partial charge < -0.3 is 14.5 Å². The van der Waals surface area contributed by atoms with E-state index >= 15 is 0 Å². The Hall–Kier alpha value is -1.62. The number of hydrogen-bond donors (Lipinski definition) is 0. The van der Waals surface area contributed by atoms with Gasteiger partial charge in [0.15, 0.2) is 0 Å². The first-order chi connectivity index (χ1) is 14.7. The molecule has 172 valence electrons. The van der Waals surface area contributed by atoms with Crippen LogP contribution in [0.5, 0.6) is 0 Å². The van der Waals surface area contributed by atoms with Gasteiger partial charge in [0.25, 0.3) is 0 Å². The van der Waals surface area contributed by atoms with E-state index in [-0.39, 0.29) is 18.4 Å². The van der Waals surface area contributed by atoms with Crippen LogP contribution in [0.2, 0.25) is 0 Å². The summed E-state index contributed by atoms with van der Waals surface area (Å²) in [4.78, 5) is 29.8. The lowest BCUT2D eigenvalue weighted by Crippen LogP contribution is -2.47. The number of likely N-dealkylation sites (tertiary alicyclic amines) is 2. The number of esters is 1. The third-order valence-corrected chi connectivity index (χ3v) is 8.40. The van der Waals surface area contributed by atoms with Gasteiger partial charge in [0.1, 0.15) is 6.54 Å². The van der Waals surface area contributed by atoms with Crippen LogP contribution < -0.4 is 0 Å². The summed E-state index contributed by atoms with van der Waals surface area (Å²) in [7, 11) is 1.39. The van der Waals surface area contributed by atoms with Crippen LogP contribution in [0.15, 0.2) is 23.4 Å². The first-order valence-electron chi connectivity index (χ1n) is 12.3. The molecule has 0 aromatic carbocycles. The topological polar surface area (TPSA) is 49.9 Å². The Kier molecular flexibility index (Phi) is 6.35. The molecule has 4 rings (SSSR count). The number of fused-ring (bicyclic) bond motifs is 2. The van der Waals surface area contributed by atoms with Crippen molar-refractivity contribution in [2.75, 3.05) is 33.3 Å². The molecule has 0 bridgehead atoms. The number of rotatable bonds is 4. The molecule has 0 unspecified atom stereocenters. The van der Waals surface area contributed by atoms with Crippen molar-refractivity contribution in [3.8, 4) is 0 Å². The molecule has 1 spiro atoms. The van der Waals surface area contributed by atoms with Gasteiger partial charge in [-0.2, -0.15) is 0 Å². The Bertz CT molecular complexity index is 760. The van der Waals surface area contributed by atoms with Crippen molar-refractivity contribution in [1.29, 1.82) is 0 Å². The Morgan fingerprint density at radius 1 is 1.10 bits per heavy atom. The van der Waals surface area contributed by atoms with Gasteiger partial charge in [-0.1, -0.05) is 32.9 Å². The first kappa shape index (κ1) is 22.6. The van der Waals surface area contributed by atoms with Gasteiger partial charge >= 0.3 is 5.97 Å². The van der Waals surface area contributed by atoms with E-state index < -0.39 is 5.41 Å². The molecule has 5 heteroatoms. The Morgan fingerprint density at radius 3 is 2.35 bits per heavy atom. The fraction of sp³-hybridized carbons (Fsp3) is 0.769. The molecular weight excluding hydrogens is 388 g/mol. The molecule has 0 aromatic rings. The summed E-state index contributed by atoms with van der Waals surface area (Å²) < 4.78 is 4.86. The fourth-order valence-corrected chi connectivity index (χ4v) is 6.37. The minimum Gasteiger partial charge on any atom is -0.468 e. The molecule has 1 saturated carbocycles. The third-order valence-electron chi connectivity index (χ3n) is 8.40. The molecule has 2 aliphatic heterocycles. The van der Waals surface area contributed by atoms with Crippen molar-refractivity contribution in [3.63, 3.8) is 0 Å². The van der Waals surface area contributed by atoms with Crippen molar-refractivity contribution in [2.45, 2.75) is 72.1 Å². The van der Waals surface area contributed by atoms with E-state index in [2.05, 4.69) is 37.8 Å². The van der Waals surface area contributed by atoms with Crippen LogP contribution in [0, 0.1) is 22.7 Å². The Balaban J connectivity index is 1.38. The standard InChI is InChI=1S/C26H40N2O3/c1-25(2,3)20-11-9-19(10-12-20)17-27-15-13-26(14-16-27)21-7-5-6-8-22(21)28(24(26)30)18-23(29)31-4/h7-8,19-20H,5-6,9-18H2,1-4H3. The van der Waals surface area contributed by atoms with E-state index in [0.717, 1.165) is 56.3 Å². The van der Waals surface area contributed by atoms with Crippen molar-refractivity contribution in [2.24, 2.45) is 22.7 Å². The normalized spacial score (nSPS) is 28.9. The predicted octanol–water partition coefficient (Wildman–Crippen LogP) is 4.54. The van der Waals surface area contributed by atoms with E-state index in [9.17, 15) is 9.59 Å². The number of hydrogen-bond acceptors (Lipinski definition) is 4. The van der Waals surface area contributed by atoms with Gasteiger partial charge in [0.05, 0.1) is 12.5 Å². The van der Waals surface area contributed by atoms with Gasteiger partial charge in [-0.15, -0.1) is 0 Å². The smallest absolute Gasteiger partial charge is 0.325 e. The third kappa shape index (κ3) is 4.35. The van der Waals surface area contributed by atoms with Gasteiger partial charge in [0.2, 0.25) is 5.91 Å². The van der Waals surface area contributed by atoms with Gasteiger partial charge in [-0.3, -0.25) is 9.59 Å². The predicted molar refractivity (Wildman–Crippen MR) is 122 cm³/mol. The summed E-state index contributed by atoms with van der Waals surface area (Å²) in [6.07, 6.45) is 13.4. The van der Waals surface area contributed by atoms with Crippen LogP contribution in [0.3, 0.4) is 0 Å². The SMILES string of the molecule is COC(=O)CN1C(=O)C2(CCN(CC3CCC(C(C)(C)C)CC3)CC2)C2=CCCC=C21. The maximum absolute atomic E-state index is 13.5. The first-order valence-corrected chi connectivity index (χ1v) is 12.3. The zero-order chi connectivity index (χ0) is 22.2. The van der Waals surface area contributed by atoms with Gasteiger partial charge in [-0.05, 0) is 87.3 Å². The van der Waals surface area contributed by atoms with Gasteiger partial charge in [0, 0.05) is 12.2 Å². The number of methoxy groups -OCH3 is 1. The molecular formula is C26H40N2O3. The molecule has 3 fully saturated rings. The van der Waals surface area contributed by atoms with Crippen LogP contribution in [0.25, 0.3) is 0 Å². The average Bonchev–Trinajstić information content (AvgIpc) is 2.98. The lowest BCUT2D eigenvalue weighted by atomic mass is 9.69. The summed E-state index contributed by atoms with van der Waals surface area (Å²) in [6.45, 7) is 10.3. The number of allylic oxidation sites excluding steroid dienone is 3. The van der Waals surface area contributed by atoms with E-state index in [1.54, 1.807) is 4.90 Å². The summed E-state index contributed by atoms with van der Waals surface area (Å²) in [5, 5.41) is 0. The molecule has 1 amide bonds. The second kappa shape index (κ2) is 8.73. The number of carbonyl (C=O) groups excluding carboxylic acids is 2. The van der Waals surface area contributed by atoms with Crippen LogP contribution in [-0.2, 0) is 14.3 Å². The van der Waals surface area contributed by atoms with Crippen LogP contribution in [-0.4, -0.2) is 55.0 Å². The molecule has 2 saturated heterocycles. The summed E-state index contributed by atoms with van der Waals surface area (Å²) in [5.74, 6) is 1.42. The summed E-state index contributed by atoms with van der Waals surface area (Å²) in [6, 6.07) is 0. The van der Waals surface area contributed by atoms with Crippen molar-refractivity contribution in [3.05, 3.63) is 23.4 Å². The van der Waals surface area contributed by atoms with Crippen LogP contribution >= 0.6 is 0 Å². The second-order valence-corrected chi connectivity index (χ2v) is 11.2. The second-order valence-electron chi connectivity index (χ2n) is 11.2. The van der Waals surface area contributed by atoms with Crippen molar-refractivity contribution < 1.29 is 14.3 Å². The number of carbonyl (C=O) groups is 2. The molecule has 5 nitrogen and oxygen atoms in total. The quantitative estimate of drug-likeness (QED) is 0.617. The molecule has 31 heavy (non-hydrogen) atoms. The maximum atomic E-state index is 13.5. The highest BCUT2D eigenvalue weighted by Crippen LogP contribution is 2.52. The highest BCUT2D eigenvalue weighted by Gasteiger charge is 2.54. The molecule has 4 aliphatic rings. The van der Waals surface area contributed by atoms with Gasteiger partial charge in [-0.25, -0.2) is 0 Å². The van der Waals surface area contributed by atoms with E-state index in [1.807, 2.05) is 0 Å². The minimum atomic E-state index is -0.430. The highest BCUT2D eigenvalue weighted by molar-refractivity contribution is 5.96. The van der Waals surface area contributed by atoms with E-state index in [0.29, 0.717) is 5.41 Å². The summed E-state index contributed by atoms with van der Waals surface area (Å²) in [5.41, 5.74) is 2.15. The van der Waals surface area contributed by atoms with E-state index in [1.165, 1.54) is 44.9 Å². The number of ether oxygens (including phenoxy) is 1. The van der Waals surface area contributed by atoms with E-state index in [4.69, 9.17) is 4.74 Å². The number of amides is 1. The highest BCUT2D eigenvalue weighted by atomic mass is 16.5. The zero-order valence-electron chi connectivity index (χ0n) is 19.9. The van der Waals surface area contributed by atoms with Crippen LogP contribution in [0.1, 0.15) is 72.1 Å². The molecule has 0 atom stereocenters. The minimum absolute atomic E-state index is 0.0288. The van der Waals surface area contributed by atoms with Crippen molar-refractivity contribution in [1.82, 2.24) is 9.80 Å². The molecule has 0 radical (unpaired) electrons. The summed E-state index contributed by atoms with van der Waals surface area (Å²) >= 11 is 0. The lowest BCUT2D eigenvalue weighted by molar-refractivity contribution is -0.147. The number of nitrogens with zero attached hydrogens (tertiary/aromatic N) is 2. The molecule has 0 N–H and O–H groups in total. The largest absolute Gasteiger partial charge is 0.468 e. The van der Waals surface area contributed by atoms with Crippen molar-refractivity contribution >= 4 is 11.9 Å². The number of piperidine rings is 1. The maximum Gasteiger partial charge on any atom is 0.325 e. The average molecular weight is 429 g/mol.